The topological polar surface area (TPSA) is 45.2 Å². The summed E-state index contributed by atoms with van der Waals surface area (Å²) in [4.78, 5) is 4.40. The Balaban J connectivity index is 2.26. The van der Waals surface area contributed by atoms with Gasteiger partial charge in [0.1, 0.15) is 11.9 Å². The van der Waals surface area contributed by atoms with Crippen LogP contribution in [-0.2, 0) is 0 Å². The summed E-state index contributed by atoms with van der Waals surface area (Å²) in [6, 6.07) is 11.6. The van der Waals surface area contributed by atoms with Crippen molar-refractivity contribution in [3.05, 3.63) is 59.3 Å². The molecule has 0 aliphatic carbocycles. The Morgan fingerprint density at radius 2 is 1.80 bits per heavy atom. The summed E-state index contributed by atoms with van der Waals surface area (Å²) in [6.45, 7) is 8.28. The fraction of sp³-hybridized carbons (Fsp3) is 0.353. The van der Waals surface area contributed by atoms with Gasteiger partial charge in [-0.3, -0.25) is 0 Å². The smallest absolute Gasteiger partial charge is 0.126 e. The van der Waals surface area contributed by atoms with Crippen molar-refractivity contribution >= 4 is 5.82 Å². The van der Waals surface area contributed by atoms with Gasteiger partial charge in [0.05, 0.1) is 0 Å². The second-order valence-electron chi connectivity index (χ2n) is 6.11. The fourth-order valence-electron chi connectivity index (χ4n) is 2.12. The van der Waals surface area contributed by atoms with E-state index in [-0.39, 0.29) is 5.54 Å². The first-order valence-corrected chi connectivity index (χ1v) is 6.84. The molecule has 0 radical (unpaired) electrons. The number of rotatable bonds is 3. The van der Waals surface area contributed by atoms with Crippen LogP contribution >= 0.6 is 0 Å². The number of benzene rings is 1. The molecule has 0 aliphatic rings. The molecular formula is C17H22N2O. The van der Waals surface area contributed by atoms with Gasteiger partial charge in [0.15, 0.2) is 0 Å². The monoisotopic (exact) mass is 270 g/mol. The molecule has 0 bridgehead atoms. The summed E-state index contributed by atoms with van der Waals surface area (Å²) in [6.07, 6.45) is 1.12. The Labute approximate surface area is 120 Å². The molecule has 0 aliphatic heterocycles. The van der Waals surface area contributed by atoms with E-state index in [1.54, 1.807) is 6.20 Å². The molecular weight excluding hydrogens is 248 g/mol. The third-order valence-electron chi connectivity index (χ3n) is 3.06. The molecule has 2 N–H and O–H groups in total. The Kier molecular flexibility index (Phi) is 4.09. The molecule has 0 saturated carbocycles. The maximum atomic E-state index is 10.4. The summed E-state index contributed by atoms with van der Waals surface area (Å²) in [5, 5.41) is 13.8. The SMILES string of the molecule is Cc1cc(NC(C)(C)C)ncc1[C@H](O)c1ccccc1. The highest BCUT2D eigenvalue weighted by atomic mass is 16.3. The van der Waals surface area contributed by atoms with Crippen LogP contribution in [0.2, 0.25) is 0 Å². The molecule has 2 aromatic rings. The van der Waals surface area contributed by atoms with Crippen molar-refractivity contribution in [1.29, 1.82) is 0 Å². The Hall–Kier alpha value is -1.87. The average Bonchev–Trinajstić information content (AvgIpc) is 2.37. The molecule has 1 heterocycles. The van der Waals surface area contributed by atoms with Crippen molar-refractivity contribution < 1.29 is 5.11 Å². The Morgan fingerprint density at radius 3 is 2.35 bits per heavy atom. The van der Waals surface area contributed by atoms with E-state index in [9.17, 15) is 5.11 Å². The number of nitrogens with one attached hydrogen (secondary N) is 1. The van der Waals surface area contributed by atoms with Crippen molar-refractivity contribution in [2.75, 3.05) is 5.32 Å². The van der Waals surface area contributed by atoms with Gasteiger partial charge in [-0.1, -0.05) is 30.3 Å². The zero-order valence-corrected chi connectivity index (χ0v) is 12.5. The van der Waals surface area contributed by atoms with Gasteiger partial charge in [-0.2, -0.15) is 0 Å². The lowest BCUT2D eigenvalue weighted by molar-refractivity contribution is 0.219. The van der Waals surface area contributed by atoms with Gasteiger partial charge in [0.2, 0.25) is 0 Å². The van der Waals surface area contributed by atoms with Crippen LogP contribution in [0.4, 0.5) is 5.82 Å². The van der Waals surface area contributed by atoms with Crippen LogP contribution in [0.25, 0.3) is 0 Å². The molecule has 0 unspecified atom stereocenters. The summed E-state index contributed by atoms with van der Waals surface area (Å²) >= 11 is 0. The van der Waals surface area contributed by atoms with E-state index in [1.807, 2.05) is 43.3 Å². The van der Waals surface area contributed by atoms with Crippen LogP contribution in [0.5, 0.6) is 0 Å². The lowest BCUT2D eigenvalue weighted by Crippen LogP contribution is -2.26. The van der Waals surface area contributed by atoms with E-state index < -0.39 is 6.10 Å². The molecule has 20 heavy (non-hydrogen) atoms. The van der Waals surface area contributed by atoms with Crippen molar-refractivity contribution in [1.82, 2.24) is 4.98 Å². The first-order valence-electron chi connectivity index (χ1n) is 6.84. The molecule has 1 aromatic carbocycles. The quantitative estimate of drug-likeness (QED) is 0.894. The van der Waals surface area contributed by atoms with E-state index in [0.717, 1.165) is 22.5 Å². The van der Waals surface area contributed by atoms with Gasteiger partial charge in [-0.25, -0.2) is 4.98 Å². The minimum atomic E-state index is -0.632. The lowest BCUT2D eigenvalue weighted by atomic mass is 9.99. The fourth-order valence-corrected chi connectivity index (χ4v) is 2.12. The van der Waals surface area contributed by atoms with Crippen molar-refractivity contribution in [3.8, 4) is 0 Å². The molecule has 0 spiro atoms. The van der Waals surface area contributed by atoms with Crippen LogP contribution < -0.4 is 5.32 Å². The van der Waals surface area contributed by atoms with Crippen LogP contribution in [0.1, 0.15) is 43.6 Å². The molecule has 106 valence electrons. The number of hydrogen-bond donors (Lipinski definition) is 2. The number of anilines is 1. The molecule has 0 fully saturated rings. The van der Waals surface area contributed by atoms with E-state index in [4.69, 9.17) is 0 Å². The Bertz CT molecular complexity index is 573. The zero-order valence-electron chi connectivity index (χ0n) is 12.5. The Morgan fingerprint density at radius 1 is 1.15 bits per heavy atom. The van der Waals surface area contributed by atoms with E-state index in [1.165, 1.54) is 0 Å². The highest BCUT2D eigenvalue weighted by molar-refractivity contribution is 5.44. The number of aliphatic hydroxyl groups is 1. The average molecular weight is 270 g/mol. The minimum absolute atomic E-state index is 0.0288. The highest BCUT2D eigenvalue weighted by Crippen LogP contribution is 2.25. The first kappa shape index (κ1) is 14.5. The second-order valence-corrected chi connectivity index (χ2v) is 6.11. The zero-order chi connectivity index (χ0) is 14.8. The van der Waals surface area contributed by atoms with Crippen LogP contribution in [0.15, 0.2) is 42.6 Å². The van der Waals surface area contributed by atoms with E-state index in [0.29, 0.717) is 0 Å². The standard InChI is InChI=1S/C17H22N2O/c1-12-10-15(19-17(2,3)4)18-11-14(12)16(20)13-8-6-5-7-9-13/h5-11,16,20H,1-4H3,(H,18,19)/t16-/m1/s1. The second kappa shape index (κ2) is 5.63. The number of hydrogen-bond acceptors (Lipinski definition) is 3. The van der Waals surface area contributed by atoms with Gasteiger partial charge < -0.3 is 10.4 Å². The van der Waals surface area contributed by atoms with E-state index >= 15 is 0 Å². The number of aromatic nitrogens is 1. The summed E-state index contributed by atoms with van der Waals surface area (Å²) in [7, 11) is 0. The number of aryl methyl sites for hydroxylation is 1. The summed E-state index contributed by atoms with van der Waals surface area (Å²) in [5.41, 5.74) is 2.73. The maximum absolute atomic E-state index is 10.4. The molecule has 1 aromatic heterocycles. The number of nitrogens with zero attached hydrogens (tertiary/aromatic N) is 1. The summed E-state index contributed by atoms with van der Waals surface area (Å²) in [5.74, 6) is 0.832. The third kappa shape index (κ3) is 3.58. The largest absolute Gasteiger partial charge is 0.384 e. The minimum Gasteiger partial charge on any atom is -0.384 e. The van der Waals surface area contributed by atoms with Gasteiger partial charge in [0, 0.05) is 17.3 Å². The molecule has 3 nitrogen and oxygen atoms in total. The van der Waals surface area contributed by atoms with Crippen LogP contribution in [-0.4, -0.2) is 15.6 Å². The van der Waals surface area contributed by atoms with Crippen molar-refractivity contribution in [3.63, 3.8) is 0 Å². The number of pyridine rings is 1. The van der Waals surface area contributed by atoms with Crippen molar-refractivity contribution in [2.45, 2.75) is 39.3 Å². The lowest BCUT2D eigenvalue weighted by Gasteiger charge is -2.22. The van der Waals surface area contributed by atoms with Gasteiger partial charge in [-0.05, 0) is 44.9 Å². The van der Waals surface area contributed by atoms with Crippen LogP contribution in [0.3, 0.4) is 0 Å². The van der Waals surface area contributed by atoms with Gasteiger partial charge >= 0.3 is 0 Å². The number of aliphatic hydroxyl groups excluding tert-OH is 1. The first-order chi connectivity index (χ1) is 9.37. The predicted molar refractivity (Wildman–Crippen MR) is 82.9 cm³/mol. The molecule has 0 saturated heterocycles. The third-order valence-corrected chi connectivity index (χ3v) is 3.06. The normalized spacial score (nSPS) is 13.1. The predicted octanol–water partition coefficient (Wildman–Crippen LogP) is 3.68. The highest BCUT2D eigenvalue weighted by Gasteiger charge is 2.15. The van der Waals surface area contributed by atoms with Crippen LogP contribution in [0, 0.1) is 6.92 Å². The molecule has 1 atom stereocenters. The van der Waals surface area contributed by atoms with E-state index in [2.05, 4.69) is 31.1 Å². The van der Waals surface area contributed by atoms with Gasteiger partial charge in [0.25, 0.3) is 0 Å². The molecule has 2 rings (SSSR count). The van der Waals surface area contributed by atoms with Gasteiger partial charge in [-0.15, -0.1) is 0 Å². The molecule has 3 heteroatoms. The summed E-state index contributed by atoms with van der Waals surface area (Å²) < 4.78 is 0. The van der Waals surface area contributed by atoms with Crippen molar-refractivity contribution in [2.24, 2.45) is 0 Å². The maximum Gasteiger partial charge on any atom is 0.126 e. The molecule has 0 amide bonds.